The minimum absolute atomic E-state index is 0. The van der Waals surface area contributed by atoms with Crippen LogP contribution in [0.5, 0.6) is 0 Å². The van der Waals surface area contributed by atoms with E-state index < -0.39 is 5.54 Å². The topological polar surface area (TPSA) is 59.0 Å². The van der Waals surface area contributed by atoms with Gasteiger partial charge in [-0.25, -0.2) is 0 Å². The summed E-state index contributed by atoms with van der Waals surface area (Å²) in [6, 6.07) is 7.98. The molecule has 3 rings (SSSR count). The summed E-state index contributed by atoms with van der Waals surface area (Å²) in [7, 11) is 0. The molecule has 130 valence electrons. The smallest absolute Gasteiger partial charge is 0.248 e. The molecule has 1 aliphatic heterocycles. The third kappa shape index (κ3) is 3.82. The van der Waals surface area contributed by atoms with Crippen LogP contribution in [0.3, 0.4) is 0 Å². The molecule has 5 nitrogen and oxygen atoms in total. The Morgan fingerprint density at radius 2 is 2.17 bits per heavy atom. The number of halogens is 2. The van der Waals surface area contributed by atoms with Gasteiger partial charge in [0.15, 0.2) is 0 Å². The van der Waals surface area contributed by atoms with Crippen LogP contribution in [0, 0.1) is 6.92 Å². The Hall–Kier alpha value is -1.37. The molecular weight excluding hydrogens is 392 g/mol. The first-order valence-corrected chi connectivity index (χ1v) is 8.65. The molecule has 1 aromatic carbocycles. The number of amides is 1. The SMILES string of the molecule is Cc1cc(Br)ccc1CNC(=O)C1(n2cccn2)CCNCC1.Cl. The van der Waals surface area contributed by atoms with Gasteiger partial charge in [0.05, 0.1) is 0 Å². The van der Waals surface area contributed by atoms with E-state index in [2.05, 4.69) is 44.7 Å². The third-order valence-corrected chi connectivity index (χ3v) is 5.03. The molecule has 1 aromatic heterocycles. The van der Waals surface area contributed by atoms with Gasteiger partial charge in [-0.15, -0.1) is 12.4 Å². The number of carbonyl (C=O) groups is 1. The van der Waals surface area contributed by atoms with Crippen molar-refractivity contribution in [2.24, 2.45) is 0 Å². The Labute approximate surface area is 156 Å². The molecule has 24 heavy (non-hydrogen) atoms. The molecule has 0 bridgehead atoms. The Morgan fingerprint density at radius 1 is 1.42 bits per heavy atom. The Morgan fingerprint density at radius 3 is 2.79 bits per heavy atom. The molecular formula is C17H22BrClN4O. The van der Waals surface area contributed by atoms with Gasteiger partial charge in [0, 0.05) is 23.4 Å². The second-order valence-electron chi connectivity index (χ2n) is 5.99. The number of nitrogens with zero attached hydrogens (tertiary/aromatic N) is 2. The highest BCUT2D eigenvalue weighted by Crippen LogP contribution is 2.27. The molecule has 1 saturated heterocycles. The average Bonchev–Trinajstić information content (AvgIpc) is 3.09. The predicted molar refractivity (Wildman–Crippen MR) is 100 cm³/mol. The standard InChI is InChI=1S/C17H21BrN4O.ClH/c1-13-11-15(18)4-3-14(13)12-20-16(23)17(5-8-19-9-6-17)22-10-2-7-21-22;/h2-4,7,10-11,19H,5-6,8-9,12H2,1H3,(H,20,23);1H. The maximum Gasteiger partial charge on any atom is 0.248 e. The number of piperidine rings is 1. The lowest BCUT2D eigenvalue weighted by Crippen LogP contribution is -2.54. The molecule has 0 atom stereocenters. The number of nitrogens with one attached hydrogen (secondary N) is 2. The van der Waals surface area contributed by atoms with Gasteiger partial charge >= 0.3 is 0 Å². The number of hydrogen-bond acceptors (Lipinski definition) is 3. The lowest BCUT2D eigenvalue weighted by Gasteiger charge is -2.36. The van der Waals surface area contributed by atoms with Crippen LogP contribution in [0.25, 0.3) is 0 Å². The molecule has 1 aliphatic rings. The first-order valence-electron chi connectivity index (χ1n) is 7.86. The lowest BCUT2D eigenvalue weighted by molar-refractivity contribution is -0.132. The first-order chi connectivity index (χ1) is 11.1. The fourth-order valence-electron chi connectivity index (χ4n) is 3.12. The van der Waals surface area contributed by atoms with Gasteiger partial charge < -0.3 is 10.6 Å². The molecule has 1 fully saturated rings. The van der Waals surface area contributed by atoms with E-state index in [0.29, 0.717) is 6.54 Å². The summed E-state index contributed by atoms with van der Waals surface area (Å²) in [4.78, 5) is 13.0. The van der Waals surface area contributed by atoms with Gasteiger partial charge in [-0.1, -0.05) is 22.0 Å². The fraction of sp³-hybridized carbons (Fsp3) is 0.412. The number of hydrogen-bond donors (Lipinski definition) is 2. The van der Waals surface area contributed by atoms with Gasteiger partial charge in [-0.05, 0) is 62.2 Å². The van der Waals surface area contributed by atoms with E-state index in [1.165, 1.54) is 0 Å². The second kappa shape index (κ2) is 8.14. The fourth-order valence-corrected chi connectivity index (χ4v) is 3.60. The van der Waals surface area contributed by atoms with Crippen LogP contribution in [0.2, 0.25) is 0 Å². The van der Waals surface area contributed by atoms with Crippen LogP contribution in [0.4, 0.5) is 0 Å². The summed E-state index contributed by atoms with van der Waals surface area (Å²) in [6.45, 7) is 4.24. The monoisotopic (exact) mass is 412 g/mol. The van der Waals surface area contributed by atoms with Crippen molar-refractivity contribution in [2.75, 3.05) is 13.1 Å². The highest BCUT2D eigenvalue weighted by molar-refractivity contribution is 9.10. The summed E-state index contributed by atoms with van der Waals surface area (Å²) < 4.78 is 2.87. The minimum atomic E-state index is -0.585. The van der Waals surface area contributed by atoms with E-state index >= 15 is 0 Å². The van der Waals surface area contributed by atoms with Crippen molar-refractivity contribution in [3.63, 3.8) is 0 Å². The van der Waals surface area contributed by atoms with Crippen molar-refractivity contribution in [2.45, 2.75) is 31.8 Å². The third-order valence-electron chi connectivity index (χ3n) is 4.54. The Bertz CT molecular complexity index is 684. The average molecular weight is 414 g/mol. The van der Waals surface area contributed by atoms with Crippen molar-refractivity contribution in [1.29, 1.82) is 0 Å². The number of carbonyl (C=O) groups excluding carboxylic acids is 1. The van der Waals surface area contributed by atoms with E-state index in [1.54, 1.807) is 6.20 Å². The zero-order valence-electron chi connectivity index (χ0n) is 13.6. The van der Waals surface area contributed by atoms with Crippen LogP contribution in [-0.2, 0) is 16.9 Å². The van der Waals surface area contributed by atoms with Crippen LogP contribution in [0.15, 0.2) is 41.1 Å². The zero-order valence-corrected chi connectivity index (χ0v) is 16.0. The van der Waals surface area contributed by atoms with Gasteiger partial charge in [0.25, 0.3) is 0 Å². The van der Waals surface area contributed by atoms with Crippen LogP contribution in [-0.4, -0.2) is 28.8 Å². The van der Waals surface area contributed by atoms with Gasteiger partial charge in [-0.2, -0.15) is 5.10 Å². The molecule has 0 unspecified atom stereocenters. The van der Waals surface area contributed by atoms with Gasteiger partial charge in [0.1, 0.15) is 5.54 Å². The van der Waals surface area contributed by atoms with Crippen molar-refractivity contribution in [3.05, 3.63) is 52.3 Å². The summed E-state index contributed by atoms with van der Waals surface area (Å²) in [5.74, 6) is 0.0463. The van der Waals surface area contributed by atoms with Crippen molar-refractivity contribution in [1.82, 2.24) is 20.4 Å². The second-order valence-corrected chi connectivity index (χ2v) is 6.90. The molecule has 0 saturated carbocycles. The van der Waals surface area contributed by atoms with Crippen molar-refractivity contribution >= 4 is 34.2 Å². The molecule has 0 radical (unpaired) electrons. The highest BCUT2D eigenvalue weighted by atomic mass is 79.9. The summed E-state index contributed by atoms with van der Waals surface area (Å²) in [5.41, 5.74) is 1.71. The van der Waals surface area contributed by atoms with Gasteiger partial charge in [-0.3, -0.25) is 9.48 Å². The molecule has 0 aliphatic carbocycles. The van der Waals surface area contributed by atoms with E-state index in [0.717, 1.165) is 41.5 Å². The Balaban J connectivity index is 0.00000208. The highest BCUT2D eigenvalue weighted by Gasteiger charge is 2.41. The summed E-state index contributed by atoms with van der Waals surface area (Å²) in [5, 5.41) is 10.8. The summed E-state index contributed by atoms with van der Waals surface area (Å²) in [6.07, 6.45) is 5.12. The molecule has 2 heterocycles. The molecule has 0 spiro atoms. The molecule has 7 heteroatoms. The maximum absolute atomic E-state index is 13.0. The number of aromatic nitrogens is 2. The van der Waals surface area contributed by atoms with Crippen LogP contribution < -0.4 is 10.6 Å². The lowest BCUT2D eigenvalue weighted by atomic mass is 9.87. The molecule has 2 N–H and O–H groups in total. The van der Waals surface area contributed by atoms with E-state index in [1.807, 2.05) is 29.1 Å². The normalized spacial score (nSPS) is 16.2. The van der Waals surface area contributed by atoms with E-state index in [4.69, 9.17) is 0 Å². The van der Waals surface area contributed by atoms with Crippen molar-refractivity contribution < 1.29 is 4.79 Å². The number of benzene rings is 1. The maximum atomic E-state index is 13.0. The molecule has 2 aromatic rings. The quantitative estimate of drug-likeness (QED) is 0.810. The van der Waals surface area contributed by atoms with E-state index in [9.17, 15) is 4.79 Å². The predicted octanol–water partition coefficient (Wildman–Crippen LogP) is 2.77. The first kappa shape index (κ1) is 19.0. The van der Waals surface area contributed by atoms with E-state index in [-0.39, 0.29) is 18.3 Å². The van der Waals surface area contributed by atoms with Crippen LogP contribution in [0.1, 0.15) is 24.0 Å². The minimum Gasteiger partial charge on any atom is -0.350 e. The largest absolute Gasteiger partial charge is 0.350 e. The zero-order chi connectivity index (χ0) is 16.3. The summed E-state index contributed by atoms with van der Waals surface area (Å²) >= 11 is 3.47. The molecule has 1 amide bonds. The number of aryl methyl sites for hydroxylation is 1. The van der Waals surface area contributed by atoms with Crippen LogP contribution >= 0.6 is 28.3 Å². The Kier molecular flexibility index (Phi) is 6.43. The number of rotatable bonds is 4. The van der Waals surface area contributed by atoms with Gasteiger partial charge in [0.2, 0.25) is 5.91 Å². The van der Waals surface area contributed by atoms with Crippen molar-refractivity contribution in [3.8, 4) is 0 Å².